The van der Waals surface area contributed by atoms with Crippen molar-refractivity contribution in [2.45, 2.75) is 108 Å². The summed E-state index contributed by atoms with van der Waals surface area (Å²) in [5.41, 5.74) is 4.02. The van der Waals surface area contributed by atoms with Gasteiger partial charge in [0.15, 0.2) is 0 Å². The number of nitrogens with one attached hydrogen (secondary N) is 4. The van der Waals surface area contributed by atoms with Crippen LogP contribution in [0.25, 0.3) is 11.1 Å². The highest BCUT2D eigenvalue weighted by Gasteiger charge is 2.36. The fourth-order valence-electron chi connectivity index (χ4n) is 6.49. The second-order valence-corrected chi connectivity index (χ2v) is 19.3. The van der Waals surface area contributed by atoms with Crippen LogP contribution in [0.4, 0.5) is 4.79 Å². The van der Waals surface area contributed by atoms with Gasteiger partial charge < -0.3 is 41.0 Å². The summed E-state index contributed by atoms with van der Waals surface area (Å²) < 4.78 is 11.7. The van der Waals surface area contributed by atoms with Gasteiger partial charge in [0.1, 0.15) is 30.8 Å². The first-order valence-corrected chi connectivity index (χ1v) is 21.5. The van der Waals surface area contributed by atoms with E-state index in [-0.39, 0.29) is 29.4 Å². The molecule has 16 heteroatoms. The Kier molecular flexibility index (Phi) is 16.4. The number of fused-ring (bicyclic) bond motifs is 3. The molecule has 0 aliphatic heterocycles. The van der Waals surface area contributed by atoms with Gasteiger partial charge in [-0.15, -0.1) is 0 Å². The van der Waals surface area contributed by atoms with Gasteiger partial charge in [-0.1, -0.05) is 121 Å². The van der Waals surface area contributed by atoms with Crippen molar-refractivity contribution in [1.82, 2.24) is 21.3 Å². The maximum atomic E-state index is 14.2. The van der Waals surface area contributed by atoms with Crippen LogP contribution in [0.5, 0.6) is 0 Å². The molecule has 0 saturated carbocycles. The largest absolute Gasteiger partial charge is 0.481 e. The molecule has 4 amide bonds. The number of hydrogen-bond donors (Lipinski definition) is 6. The van der Waals surface area contributed by atoms with Gasteiger partial charge in [0, 0.05) is 22.8 Å². The van der Waals surface area contributed by atoms with E-state index in [1.807, 2.05) is 69.3 Å². The van der Waals surface area contributed by atoms with E-state index < -0.39 is 78.0 Å². The average molecular weight is 851 g/mol. The summed E-state index contributed by atoms with van der Waals surface area (Å²) in [5, 5.41) is 29.1. The zero-order chi connectivity index (χ0) is 43.5. The molecule has 1 aliphatic carbocycles. The van der Waals surface area contributed by atoms with Crippen molar-refractivity contribution in [3.05, 3.63) is 95.6 Å². The number of carboxylic acids is 2. The van der Waals surface area contributed by atoms with Crippen molar-refractivity contribution in [3.63, 3.8) is 0 Å². The fraction of sp³-hybridized carbons (Fsp3) is 0.442. The quantitative estimate of drug-likeness (QED) is 0.0823. The molecule has 0 heterocycles. The Morgan fingerprint density at radius 3 is 1.76 bits per heavy atom. The average Bonchev–Trinajstić information content (AvgIpc) is 3.47. The van der Waals surface area contributed by atoms with E-state index in [1.54, 1.807) is 58.0 Å². The molecule has 0 spiro atoms. The minimum absolute atomic E-state index is 0.00548. The Bertz CT molecular complexity index is 1920. The lowest BCUT2D eigenvalue weighted by Gasteiger charge is -2.32. The molecule has 318 valence electrons. The molecule has 1 aliphatic rings. The molecule has 0 bridgehead atoms. The molecule has 14 nitrogen and oxygen atoms in total. The van der Waals surface area contributed by atoms with Gasteiger partial charge in [0.2, 0.25) is 17.7 Å². The Labute approximate surface area is 352 Å². The van der Waals surface area contributed by atoms with Crippen LogP contribution in [0.2, 0.25) is 0 Å². The summed E-state index contributed by atoms with van der Waals surface area (Å²) in [5.74, 6) is -5.66. The first-order chi connectivity index (χ1) is 27.7. The number of amides is 4. The Morgan fingerprint density at radius 1 is 0.695 bits per heavy atom. The summed E-state index contributed by atoms with van der Waals surface area (Å²) in [6.45, 7) is 12.9. The number of alkyl carbamates (subject to hydrolysis) is 1. The maximum absolute atomic E-state index is 14.2. The zero-order valence-electron chi connectivity index (χ0n) is 34.3. The lowest BCUT2D eigenvalue weighted by molar-refractivity contribution is -0.147. The molecule has 0 aromatic heterocycles. The number of rotatable bonds is 19. The van der Waals surface area contributed by atoms with E-state index in [0.29, 0.717) is 5.56 Å². The number of carbonyl (C=O) groups is 6. The van der Waals surface area contributed by atoms with Gasteiger partial charge in [0.25, 0.3) is 0 Å². The zero-order valence-corrected chi connectivity index (χ0v) is 35.9. The standard InChI is InChI=1S/C43H54N4O10S2/c1-25(57-42(2,3)4)36(47-41(55)56-23-31-29-19-13-11-17-27(29)28-18-12-14-20-30(28)31)39(52)46-34(24-58-59-43(5,6)7)38(51)44-32(21-26-15-9-8-10-16-26)37(50)45-33(40(53)54)22-35(48)49/h8-20,25,31-34,36H,21-24H2,1-7H3,(H,44,51)(H,45,50)(H,46,52)(H,47,55)(H,48,49)(H,53,54)/t25-,32+,33+,34+,36+/m1/s1. The molecule has 3 aromatic rings. The number of ether oxygens (including phenoxy) is 2. The number of hydrogen-bond acceptors (Lipinski definition) is 10. The van der Waals surface area contributed by atoms with Crippen LogP contribution in [0.3, 0.4) is 0 Å². The topological polar surface area (TPSA) is 209 Å². The number of carboxylic acid groups (broad SMARTS) is 2. The number of carbonyl (C=O) groups excluding carboxylic acids is 4. The molecule has 5 atom stereocenters. The highest BCUT2D eigenvalue weighted by Crippen LogP contribution is 2.44. The second-order valence-electron chi connectivity index (χ2n) is 16.2. The number of aliphatic carboxylic acids is 2. The van der Waals surface area contributed by atoms with E-state index in [0.717, 1.165) is 22.3 Å². The molecule has 0 radical (unpaired) electrons. The molecule has 4 rings (SSSR count). The van der Waals surface area contributed by atoms with Crippen LogP contribution in [0.1, 0.15) is 77.5 Å². The molecule has 0 unspecified atom stereocenters. The number of benzene rings is 3. The van der Waals surface area contributed by atoms with Gasteiger partial charge in [-0.2, -0.15) is 0 Å². The summed E-state index contributed by atoms with van der Waals surface area (Å²) in [7, 11) is 2.77. The van der Waals surface area contributed by atoms with Crippen molar-refractivity contribution in [1.29, 1.82) is 0 Å². The molecule has 3 aromatic carbocycles. The summed E-state index contributed by atoms with van der Waals surface area (Å²) >= 11 is 0. The normalized spacial score (nSPS) is 15.0. The molecule has 6 N–H and O–H groups in total. The first kappa shape index (κ1) is 46.6. The SMILES string of the molecule is C[C@@H](OC(C)(C)C)[C@H](NC(=O)OCC1c2ccccc2-c2ccccc21)C(=O)N[C@@H](CSSC(C)(C)C)C(=O)N[C@@H](Cc1ccccc1)C(=O)N[C@@H](CC(=O)O)C(=O)O. The van der Waals surface area contributed by atoms with Crippen molar-refractivity contribution >= 4 is 57.3 Å². The smallest absolute Gasteiger partial charge is 0.407 e. The fourth-order valence-corrected chi connectivity index (χ4v) is 8.96. The Morgan fingerprint density at radius 2 is 1.22 bits per heavy atom. The van der Waals surface area contributed by atoms with Gasteiger partial charge in [-0.3, -0.25) is 19.2 Å². The molecule has 0 saturated heterocycles. The summed E-state index contributed by atoms with van der Waals surface area (Å²) in [4.78, 5) is 78.7. The van der Waals surface area contributed by atoms with Crippen molar-refractivity contribution in [2.24, 2.45) is 0 Å². The van der Waals surface area contributed by atoms with Gasteiger partial charge in [-0.05, 0) is 55.5 Å². The summed E-state index contributed by atoms with van der Waals surface area (Å²) in [6.07, 6.45) is -2.75. The third-order valence-corrected chi connectivity index (χ3v) is 12.3. The Hall–Kier alpha value is -5.06. The van der Waals surface area contributed by atoms with Crippen LogP contribution >= 0.6 is 21.6 Å². The minimum atomic E-state index is -1.77. The van der Waals surface area contributed by atoms with Crippen LogP contribution in [0.15, 0.2) is 78.9 Å². The predicted octanol–water partition coefficient (Wildman–Crippen LogP) is 5.53. The highest BCUT2D eigenvalue weighted by atomic mass is 33.1. The highest BCUT2D eigenvalue weighted by molar-refractivity contribution is 8.77. The third-order valence-electron chi connectivity index (χ3n) is 8.99. The monoisotopic (exact) mass is 850 g/mol. The van der Waals surface area contributed by atoms with E-state index in [2.05, 4.69) is 21.3 Å². The first-order valence-electron chi connectivity index (χ1n) is 19.2. The van der Waals surface area contributed by atoms with Crippen molar-refractivity contribution in [3.8, 4) is 11.1 Å². The van der Waals surface area contributed by atoms with E-state index in [9.17, 15) is 39.0 Å². The van der Waals surface area contributed by atoms with Crippen LogP contribution in [0, 0.1) is 0 Å². The van der Waals surface area contributed by atoms with Gasteiger partial charge >= 0.3 is 18.0 Å². The van der Waals surface area contributed by atoms with E-state index in [1.165, 1.54) is 21.6 Å². The Balaban J connectivity index is 1.57. The van der Waals surface area contributed by atoms with Gasteiger partial charge in [-0.25, -0.2) is 9.59 Å². The predicted molar refractivity (Wildman–Crippen MR) is 228 cm³/mol. The van der Waals surface area contributed by atoms with Crippen LogP contribution < -0.4 is 21.3 Å². The minimum Gasteiger partial charge on any atom is -0.481 e. The third kappa shape index (κ3) is 14.3. The van der Waals surface area contributed by atoms with E-state index in [4.69, 9.17) is 9.47 Å². The van der Waals surface area contributed by atoms with Crippen molar-refractivity contribution < 1.29 is 48.5 Å². The molecule has 59 heavy (non-hydrogen) atoms. The molecule has 0 fully saturated rings. The van der Waals surface area contributed by atoms with Gasteiger partial charge in [0.05, 0.1) is 18.1 Å². The van der Waals surface area contributed by atoms with Crippen molar-refractivity contribution in [2.75, 3.05) is 12.4 Å². The second kappa shape index (κ2) is 20.8. The van der Waals surface area contributed by atoms with Crippen LogP contribution in [-0.4, -0.2) is 98.9 Å². The lowest BCUT2D eigenvalue weighted by atomic mass is 9.98. The van der Waals surface area contributed by atoms with E-state index >= 15 is 0 Å². The molecular weight excluding hydrogens is 797 g/mol. The summed E-state index contributed by atoms with van der Waals surface area (Å²) in [6, 6.07) is 18.7. The maximum Gasteiger partial charge on any atom is 0.407 e. The lowest BCUT2D eigenvalue weighted by Crippen LogP contribution is -2.61. The molecular formula is C43H54N4O10S2. The van der Waals surface area contributed by atoms with Crippen LogP contribution in [-0.2, 0) is 39.9 Å².